The third-order valence-corrected chi connectivity index (χ3v) is 3.40. The van der Waals surface area contributed by atoms with E-state index in [1.54, 1.807) is 0 Å². The highest BCUT2D eigenvalue weighted by molar-refractivity contribution is 6.33. The van der Waals surface area contributed by atoms with Crippen molar-refractivity contribution in [3.63, 3.8) is 0 Å². The van der Waals surface area contributed by atoms with Crippen LogP contribution in [-0.4, -0.2) is 17.5 Å². The molecule has 0 aliphatic rings. The molecule has 1 heterocycles. The Labute approximate surface area is 140 Å². The van der Waals surface area contributed by atoms with Crippen LogP contribution in [0.1, 0.15) is 29.8 Å². The van der Waals surface area contributed by atoms with E-state index in [1.807, 2.05) is 24.3 Å². The molecular weight excluding hydrogens is 314 g/mol. The van der Waals surface area contributed by atoms with Crippen LogP contribution in [0.5, 0.6) is 5.75 Å². The van der Waals surface area contributed by atoms with E-state index < -0.39 is 5.91 Å². The summed E-state index contributed by atoms with van der Waals surface area (Å²) in [4.78, 5) is 15.2. The first-order valence-corrected chi connectivity index (χ1v) is 7.75. The van der Waals surface area contributed by atoms with Crippen molar-refractivity contribution in [1.29, 1.82) is 0 Å². The molecule has 1 aromatic heterocycles. The zero-order chi connectivity index (χ0) is 16.8. The fourth-order valence-electron chi connectivity index (χ4n) is 1.93. The van der Waals surface area contributed by atoms with Crippen molar-refractivity contribution in [2.45, 2.75) is 20.4 Å². The average Bonchev–Trinajstić information content (AvgIpc) is 2.52. The Morgan fingerprint density at radius 3 is 2.78 bits per heavy atom. The second kappa shape index (κ2) is 7.83. The molecule has 0 radical (unpaired) electrons. The van der Waals surface area contributed by atoms with Gasteiger partial charge in [-0.3, -0.25) is 4.79 Å². The van der Waals surface area contributed by atoms with Gasteiger partial charge in [-0.1, -0.05) is 43.6 Å². The number of nitrogens with one attached hydrogen (secondary N) is 1. The Kier molecular flexibility index (Phi) is 5.82. The first-order chi connectivity index (χ1) is 11.0. The Bertz CT molecular complexity index is 689. The predicted octanol–water partition coefficient (Wildman–Crippen LogP) is 3.48. The van der Waals surface area contributed by atoms with E-state index in [-0.39, 0.29) is 5.56 Å². The lowest BCUT2D eigenvalue weighted by Crippen LogP contribution is -2.12. The standard InChI is InChI=1S/C17H20ClN3O2/c1-11(2)10-23-15-6-4-3-5-12(15)8-20-17-14(18)7-13(9-21-17)16(19)22/h3-7,9,11H,8,10H2,1-2H3,(H2,19,22)(H,20,21). The molecule has 0 bridgehead atoms. The summed E-state index contributed by atoms with van der Waals surface area (Å²) < 4.78 is 5.81. The van der Waals surface area contributed by atoms with Crippen LogP contribution in [0.25, 0.3) is 0 Å². The highest BCUT2D eigenvalue weighted by atomic mass is 35.5. The minimum atomic E-state index is -0.557. The number of primary amides is 1. The molecule has 1 amide bonds. The summed E-state index contributed by atoms with van der Waals surface area (Å²) in [6, 6.07) is 9.30. The number of ether oxygens (including phenoxy) is 1. The smallest absolute Gasteiger partial charge is 0.250 e. The van der Waals surface area contributed by atoms with Gasteiger partial charge in [-0.25, -0.2) is 4.98 Å². The molecule has 2 rings (SSSR count). The maximum absolute atomic E-state index is 11.1. The zero-order valence-corrected chi connectivity index (χ0v) is 13.9. The van der Waals surface area contributed by atoms with Crippen LogP contribution >= 0.6 is 11.6 Å². The number of para-hydroxylation sites is 1. The number of aromatic nitrogens is 1. The molecule has 3 N–H and O–H groups in total. The first-order valence-electron chi connectivity index (χ1n) is 7.37. The van der Waals surface area contributed by atoms with Crippen molar-refractivity contribution < 1.29 is 9.53 Å². The average molecular weight is 334 g/mol. The maximum atomic E-state index is 11.1. The quantitative estimate of drug-likeness (QED) is 0.813. The molecule has 6 heteroatoms. The SMILES string of the molecule is CC(C)COc1ccccc1CNc1ncc(C(N)=O)cc1Cl. The van der Waals surface area contributed by atoms with Crippen molar-refractivity contribution in [3.05, 3.63) is 52.7 Å². The van der Waals surface area contributed by atoms with Gasteiger partial charge in [-0.2, -0.15) is 0 Å². The van der Waals surface area contributed by atoms with Crippen LogP contribution in [0.3, 0.4) is 0 Å². The summed E-state index contributed by atoms with van der Waals surface area (Å²) >= 11 is 6.12. The topological polar surface area (TPSA) is 77.2 Å². The maximum Gasteiger partial charge on any atom is 0.250 e. The lowest BCUT2D eigenvalue weighted by molar-refractivity contribution is 0.1000. The van der Waals surface area contributed by atoms with Crippen LogP contribution in [0.2, 0.25) is 5.02 Å². The molecular formula is C17H20ClN3O2. The number of carbonyl (C=O) groups is 1. The number of rotatable bonds is 7. The van der Waals surface area contributed by atoms with Gasteiger partial charge < -0.3 is 15.8 Å². The van der Waals surface area contributed by atoms with Gasteiger partial charge in [0, 0.05) is 18.3 Å². The molecule has 0 unspecified atom stereocenters. The Hall–Kier alpha value is -2.27. The van der Waals surface area contributed by atoms with Crippen LogP contribution in [-0.2, 0) is 6.54 Å². The van der Waals surface area contributed by atoms with Gasteiger partial charge in [0.05, 0.1) is 17.2 Å². The van der Waals surface area contributed by atoms with E-state index in [9.17, 15) is 4.79 Å². The van der Waals surface area contributed by atoms with Crippen LogP contribution in [0.15, 0.2) is 36.5 Å². The van der Waals surface area contributed by atoms with Crippen molar-refractivity contribution in [1.82, 2.24) is 4.98 Å². The summed E-state index contributed by atoms with van der Waals surface area (Å²) in [5, 5.41) is 3.50. The number of anilines is 1. The minimum absolute atomic E-state index is 0.279. The number of hydrogen-bond acceptors (Lipinski definition) is 4. The molecule has 23 heavy (non-hydrogen) atoms. The summed E-state index contributed by atoms with van der Waals surface area (Å²) in [7, 11) is 0. The molecule has 0 spiro atoms. The number of nitrogens with zero attached hydrogens (tertiary/aromatic N) is 1. The highest BCUT2D eigenvalue weighted by Gasteiger charge is 2.09. The third kappa shape index (κ3) is 4.86. The number of pyridine rings is 1. The molecule has 1 aromatic carbocycles. The van der Waals surface area contributed by atoms with Gasteiger partial charge in [-0.15, -0.1) is 0 Å². The van der Waals surface area contributed by atoms with Gasteiger partial charge >= 0.3 is 0 Å². The normalized spacial score (nSPS) is 10.6. The minimum Gasteiger partial charge on any atom is -0.493 e. The second-order valence-corrected chi connectivity index (χ2v) is 5.99. The van der Waals surface area contributed by atoms with E-state index in [4.69, 9.17) is 22.1 Å². The summed E-state index contributed by atoms with van der Waals surface area (Å²) in [6.07, 6.45) is 1.40. The van der Waals surface area contributed by atoms with Gasteiger partial charge in [0.1, 0.15) is 11.6 Å². The van der Waals surface area contributed by atoms with Crippen molar-refractivity contribution in [2.75, 3.05) is 11.9 Å². The lowest BCUT2D eigenvalue weighted by Gasteiger charge is -2.14. The van der Waals surface area contributed by atoms with E-state index in [0.29, 0.717) is 29.9 Å². The molecule has 5 nitrogen and oxygen atoms in total. The monoisotopic (exact) mass is 333 g/mol. The predicted molar refractivity (Wildman–Crippen MR) is 91.9 cm³/mol. The van der Waals surface area contributed by atoms with Crippen LogP contribution < -0.4 is 15.8 Å². The van der Waals surface area contributed by atoms with Crippen molar-refractivity contribution in [3.8, 4) is 5.75 Å². The van der Waals surface area contributed by atoms with E-state index in [2.05, 4.69) is 24.1 Å². The van der Waals surface area contributed by atoms with E-state index in [1.165, 1.54) is 12.3 Å². The molecule has 0 saturated carbocycles. The molecule has 0 aliphatic carbocycles. The number of halogens is 1. The van der Waals surface area contributed by atoms with E-state index in [0.717, 1.165) is 11.3 Å². The number of nitrogens with two attached hydrogens (primary N) is 1. The lowest BCUT2D eigenvalue weighted by atomic mass is 10.2. The fraction of sp³-hybridized carbons (Fsp3) is 0.294. The second-order valence-electron chi connectivity index (χ2n) is 5.58. The fourth-order valence-corrected chi connectivity index (χ4v) is 2.16. The first kappa shape index (κ1) is 17.1. The van der Waals surface area contributed by atoms with Crippen molar-refractivity contribution >= 4 is 23.3 Å². The molecule has 0 saturated heterocycles. The zero-order valence-electron chi connectivity index (χ0n) is 13.2. The molecule has 0 atom stereocenters. The summed E-state index contributed by atoms with van der Waals surface area (Å²) in [6.45, 7) is 5.37. The number of benzene rings is 1. The molecule has 0 fully saturated rings. The number of carbonyl (C=O) groups excluding carboxylic acids is 1. The third-order valence-electron chi connectivity index (χ3n) is 3.12. The van der Waals surface area contributed by atoms with Gasteiger partial charge in [0.25, 0.3) is 0 Å². The van der Waals surface area contributed by atoms with E-state index >= 15 is 0 Å². The van der Waals surface area contributed by atoms with Crippen molar-refractivity contribution in [2.24, 2.45) is 11.7 Å². The number of hydrogen-bond donors (Lipinski definition) is 2. The summed E-state index contributed by atoms with van der Waals surface area (Å²) in [5.74, 6) is 1.22. The Morgan fingerprint density at radius 2 is 2.13 bits per heavy atom. The number of amides is 1. The van der Waals surface area contributed by atoms with Crippen LogP contribution in [0.4, 0.5) is 5.82 Å². The molecule has 122 valence electrons. The summed E-state index contributed by atoms with van der Waals surface area (Å²) in [5.41, 5.74) is 6.48. The van der Waals surface area contributed by atoms with Gasteiger partial charge in [-0.05, 0) is 18.1 Å². The highest BCUT2D eigenvalue weighted by Crippen LogP contribution is 2.23. The Morgan fingerprint density at radius 1 is 1.39 bits per heavy atom. The van der Waals surface area contributed by atoms with Gasteiger partial charge in [0.2, 0.25) is 5.91 Å². The Balaban J connectivity index is 2.07. The van der Waals surface area contributed by atoms with Gasteiger partial charge in [0.15, 0.2) is 0 Å². The largest absolute Gasteiger partial charge is 0.493 e. The van der Waals surface area contributed by atoms with Crippen LogP contribution in [0, 0.1) is 5.92 Å². The molecule has 2 aromatic rings. The molecule has 0 aliphatic heterocycles.